The number of ketones is 3. The van der Waals surface area contributed by atoms with Crippen LogP contribution in [0.5, 0.6) is 0 Å². The first-order valence-corrected chi connectivity index (χ1v) is 7.89. The van der Waals surface area contributed by atoms with E-state index in [1.807, 2.05) is 0 Å². The Bertz CT molecular complexity index is 416. The van der Waals surface area contributed by atoms with Crippen LogP contribution < -0.4 is 0 Å². The number of carbonyl (C=O) groups excluding carboxylic acids is 6. The van der Waals surface area contributed by atoms with Crippen LogP contribution in [0.2, 0.25) is 0 Å². The molecule has 0 fully saturated rings. The Morgan fingerprint density at radius 3 is 1.27 bits per heavy atom. The van der Waals surface area contributed by atoms with Crippen molar-refractivity contribution in [2.45, 2.75) is 60.3 Å². The molecule has 9 heteroatoms. The Kier molecular flexibility index (Phi) is 29.1. The first-order chi connectivity index (χ1) is 11.6. The van der Waals surface area contributed by atoms with Crippen molar-refractivity contribution in [3.05, 3.63) is 0 Å². The van der Waals surface area contributed by atoms with Gasteiger partial charge in [-0.3, -0.25) is 24.0 Å². The summed E-state index contributed by atoms with van der Waals surface area (Å²) in [6.07, 6.45) is 0.975. The van der Waals surface area contributed by atoms with E-state index in [0.717, 1.165) is 0 Å². The molecule has 0 amide bonds. The molecule has 0 aliphatic carbocycles. The van der Waals surface area contributed by atoms with Gasteiger partial charge in [-0.2, -0.15) is 0 Å². The van der Waals surface area contributed by atoms with E-state index in [1.54, 1.807) is 20.8 Å². The molecule has 0 bridgehead atoms. The smallest absolute Gasteiger partial charge is 0.313 e. The van der Waals surface area contributed by atoms with Crippen LogP contribution >= 0.6 is 0 Å². The zero-order valence-electron chi connectivity index (χ0n) is 16.1. The van der Waals surface area contributed by atoms with Gasteiger partial charge in [-0.25, -0.2) is 0 Å². The second-order valence-electron chi connectivity index (χ2n) is 4.63. The van der Waals surface area contributed by atoms with Crippen molar-refractivity contribution in [3.8, 4) is 0 Å². The van der Waals surface area contributed by atoms with Gasteiger partial charge in [0.05, 0.1) is 19.6 Å². The molecule has 0 saturated heterocycles. The predicted molar refractivity (Wildman–Crippen MR) is 89.8 cm³/mol. The predicted octanol–water partition coefficient (Wildman–Crippen LogP) is 1.61. The zero-order valence-corrected chi connectivity index (χ0v) is 18.5. The van der Waals surface area contributed by atoms with Gasteiger partial charge in [0.1, 0.15) is 36.5 Å². The van der Waals surface area contributed by atoms with E-state index in [9.17, 15) is 28.8 Å². The summed E-state index contributed by atoms with van der Waals surface area (Å²) in [6.45, 7) is 8.55. The molecule has 0 aliphatic rings. The van der Waals surface area contributed by atoms with Crippen molar-refractivity contribution in [1.29, 1.82) is 0 Å². The number of rotatable bonds is 9. The minimum Gasteiger partial charge on any atom is -0.466 e. The molecule has 148 valence electrons. The zero-order chi connectivity index (χ0) is 20.3. The van der Waals surface area contributed by atoms with Crippen molar-refractivity contribution < 1.29 is 64.4 Å². The number of aldehydes is 1. The standard InChI is InChI=1S/2C6H10O3.C5H8O2.Zr/c2*1-3-9-6(8)4-5(2)7;1-2-5(7)3-4-6;/h2*3-4H2,1-2H3;4H,2-3H2,1H3;. The largest absolute Gasteiger partial charge is 0.466 e. The number of esters is 2. The number of Topliss-reactive ketones (excluding diaryl/α,β-unsaturated/α-hetero) is 3. The summed E-state index contributed by atoms with van der Waals surface area (Å²) < 4.78 is 8.99. The van der Waals surface area contributed by atoms with Gasteiger partial charge in [0, 0.05) is 32.6 Å². The minimum atomic E-state index is -0.440. The second-order valence-corrected chi connectivity index (χ2v) is 4.63. The first kappa shape index (κ1) is 32.2. The molecule has 0 radical (unpaired) electrons. The second kappa shape index (κ2) is 23.5. The van der Waals surface area contributed by atoms with Gasteiger partial charge in [-0.05, 0) is 27.7 Å². The maximum absolute atomic E-state index is 10.4. The SMILES string of the molecule is CCC(=O)CC=O.CCOC(=O)CC(C)=O.CCOC(=O)CC(C)=O.[Zr]. The Balaban J connectivity index is -0.000000138. The van der Waals surface area contributed by atoms with Gasteiger partial charge in [0.15, 0.2) is 0 Å². The Morgan fingerprint density at radius 2 is 1.12 bits per heavy atom. The summed E-state index contributed by atoms with van der Waals surface area (Å²) in [5.41, 5.74) is 0. The Labute approximate surface area is 173 Å². The molecule has 0 aromatic carbocycles. The van der Waals surface area contributed by atoms with Crippen molar-refractivity contribution in [1.82, 2.24) is 0 Å². The van der Waals surface area contributed by atoms with Crippen LogP contribution in [0.25, 0.3) is 0 Å². The van der Waals surface area contributed by atoms with E-state index in [2.05, 4.69) is 9.47 Å². The number of hydrogen-bond acceptors (Lipinski definition) is 8. The van der Waals surface area contributed by atoms with E-state index < -0.39 is 11.9 Å². The summed E-state index contributed by atoms with van der Waals surface area (Å²) in [5, 5.41) is 0. The van der Waals surface area contributed by atoms with E-state index in [0.29, 0.717) is 25.9 Å². The summed E-state index contributed by atoms with van der Waals surface area (Å²) in [5.74, 6) is -1.19. The molecule has 0 atom stereocenters. The summed E-state index contributed by atoms with van der Waals surface area (Å²) >= 11 is 0. The molecule has 0 rings (SSSR count). The molecule has 0 N–H and O–H groups in total. The average Bonchev–Trinajstić information content (AvgIpc) is 2.47. The van der Waals surface area contributed by atoms with Crippen molar-refractivity contribution in [3.63, 3.8) is 0 Å². The van der Waals surface area contributed by atoms with Crippen LogP contribution in [0.1, 0.15) is 60.3 Å². The van der Waals surface area contributed by atoms with Gasteiger partial charge in [0.2, 0.25) is 0 Å². The van der Waals surface area contributed by atoms with Gasteiger partial charge in [0.25, 0.3) is 0 Å². The third kappa shape index (κ3) is 34.0. The van der Waals surface area contributed by atoms with Gasteiger partial charge < -0.3 is 14.3 Å². The van der Waals surface area contributed by atoms with Crippen LogP contribution in [0.3, 0.4) is 0 Å². The molecule has 0 aromatic heterocycles. The summed E-state index contributed by atoms with van der Waals surface area (Å²) in [6, 6.07) is 0. The molecule has 0 saturated carbocycles. The Morgan fingerprint density at radius 1 is 0.769 bits per heavy atom. The first-order valence-electron chi connectivity index (χ1n) is 7.89. The van der Waals surface area contributed by atoms with Crippen molar-refractivity contribution >= 4 is 35.6 Å². The van der Waals surface area contributed by atoms with E-state index in [1.165, 1.54) is 13.8 Å². The fraction of sp³-hybridized carbons (Fsp3) is 0.647. The van der Waals surface area contributed by atoms with Crippen LogP contribution in [-0.2, 0) is 64.4 Å². The normalized spacial score (nSPS) is 8.19. The minimum absolute atomic E-state index is 0. The fourth-order valence-electron chi connectivity index (χ4n) is 1.07. The summed E-state index contributed by atoms with van der Waals surface area (Å²) in [7, 11) is 0. The number of carbonyl (C=O) groups is 6. The number of ether oxygens (including phenoxy) is 2. The van der Waals surface area contributed by atoms with Crippen molar-refractivity contribution in [2.24, 2.45) is 0 Å². The molecule has 0 unspecified atom stereocenters. The molecule has 0 spiro atoms. The van der Waals surface area contributed by atoms with Crippen molar-refractivity contribution in [2.75, 3.05) is 13.2 Å². The number of hydrogen-bond donors (Lipinski definition) is 0. The maximum atomic E-state index is 10.4. The molecule has 8 nitrogen and oxygen atoms in total. The van der Waals surface area contributed by atoms with Gasteiger partial charge in [-0.15, -0.1) is 0 Å². The monoisotopic (exact) mass is 450 g/mol. The van der Waals surface area contributed by atoms with Crippen LogP contribution in [0, 0.1) is 0 Å². The molecule has 0 heterocycles. The maximum Gasteiger partial charge on any atom is 0.313 e. The molecular formula is C17H28O8Zr. The van der Waals surface area contributed by atoms with Gasteiger partial charge >= 0.3 is 11.9 Å². The topological polar surface area (TPSA) is 121 Å². The van der Waals surface area contributed by atoms with Gasteiger partial charge in [-0.1, -0.05) is 6.92 Å². The Hall–Kier alpha value is -1.50. The van der Waals surface area contributed by atoms with E-state index in [4.69, 9.17) is 0 Å². The van der Waals surface area contributed by atoms with Crippen LogP contribution in [-0.4, -0.2) is 48.8 Å². The summed E-state index contributed by atoms with van der Waals surface area (Å²) in [4.78, 5) is 61.0. The molecule has 0 aliphatic heterocycles. The van der Waals surface area contributed by atoms with E-state index in [-0.39, 0.29) is 62.8 Å². The van der Waals surface area contributed by atoms with Crippen LogP contribution in [0.15, 0.2) is 0 Å². The third-order valence-electron chi connectivity index (χ3n) is 2.10. The van der Waals surface area contributed by atoms with Crippen LogP contribution in [0.4, 0.5) is 0 Å². The average molecular weight is 452 g/mol. The quantitative estimate of drug-likeness (QED) is 0.294. The molecule has 0 aromatic rings. The third-order valence-corrected chi connectivity index (χ3v) is 2.10. The van der Waals surface area contributed by atoms with E-state index >= 15 is 0 Å². The molecular weight excluding hydrogens is 423 g/mol. The fourth-order valence-corrected chi connectivity index (χ4v) is 1.07. The molecule has 26 heavy (non-hydrogen) atoms.